The number of amides is 1. The highest BCUT2D eigenvalue weighted by Crippen LogP contribution is 2.30. The fourth-order valence-corrected chi connectivity index (χ4v) is 4.54. The molecule has 0 fully saturated rings. The van der Waals surface area contributed by atoms with Crippen LogP contribution in [0.2, 0.25) is 0 Å². The van der Waals surface area contributed by atoms with Crippen LogP contribution in [0.25, 0.3) is 16.6 Å². The number of hydrogen-bond acceptors (Lipinski definition) is 4. The van der Waals surface area contributed by atoms with Gasteiger partial charge in [-0.2, -0.15) is 0 Å². The zero-order chi connectivity index (χ0) is 20.4. The molecular weight excluding hydrogens is 380 g/mol. The summed E-state index contributed by atoms with van der Waals surface area (Å²) >= 11 is 1.46. The van der Waals surface area contributed by atoms with Crippen LogP contribution >= 0.6 is 11.8 Å². The van der Waals surface area contributed by atoms with E-state index in [1.54, 1.807) is 0 Å². The van der Waals surface area contributed by atoms with Gasteiger partial charge in [0.2, 0.25) is 5.91 Å². The van der Waals surface area contributed by atoms with Crippen LogP contribution in [0.1, 0.15) is 31.4 Å². The van der Waals surface area contributed by atoms with Crippen LogP contribution in [0.15, 0.2) is 59.8 Å². The van der Waals surface area contributed by atoms with Gasteiger partial charge in [-0.3, -0.25) is 9.20 Å². The van der Waals surface area contributed by atoms with Gasteiger partial charge in [0.05, 0.1) is 10.8 Å². The summed E-state index contributed by atoms with van der Waals surface area (Å²) in [6.07, 6.45) is 1.57. The van der Waals surface area contributed by atoms with Crippen LogP contribution in [-0.4, -0.2) is 25.8 Å². The Morgan fingerprint density at radius 3 is 2.66 bits per heavy atom. The van der Waals surface area contributed by atoms with Crippen LogP contribution < -0.4 is 5.32 Å². The Labute approximate surface area is 174 Å². The number of nitrogens with one attached hydrogen (secondary N) is 1. The Bertz CT molecular complexity index is 1180. The van der Waals surface area contributed by atoms with Crippen LogP contribution in [0.4, 0.5) is 5.69 Å². The smallest absolute Gasteiger partial charge is 0.237 e. The Morgan fingerprint density at radius 2 is 1.86 bits per heavy atom. The van der Waals surface area contributed by atoms with Crippen LogP contribution in [-0.2, 0) is 11.2 Å². The number of carbonyl (C=O) groups is 1. The number of benzene rings is 2. The lowest BCUT2D eigenvalue weighted by Crippen LogP contribution is -2.25. The molecule has 5 nitrogen and oxygen atoms in total. The highest BCUT2D eigenvalue weighted by molar-refractivity contribution is 8.00. The molecule has 0 aliphatic carbocycles. The summed E-state index contributed by atoms with van der Waals surface area (Å²) in [4.78, 5) is 13.0. The summed E-state index contributed by atoms with van der Waals surface area (Å²) in [7, 11) is 0. The molecule has 2 aromatic carbocycles. The maximum absolute atomic E-state index is 13.0. The molecule has 0 aliphatic heterocycles. The molecule has 29 heavy (non-hydrogen) atoms. The van der Waals surface area contributed by atoms with Gasteiger partial charge < -0.3 is 5.32 Å². The lowest BCUT2D eigenvalue weighted by Gasteiger charge is -2.16. The molecule has 4 rings (SSSR count). The first-order valence-electron chi connectivity index (χ1n) is 9.91. The maximum atomic E-state index is 13.0. The van der Waals surface area contributed by atoms with E-state index in [-0.39, 0.29) is 11.2 Å². The summed E-state index contributed by atoms with van der Waals surface area (Å²) < 4.78 is 2.04. The molecule has 4 aromatic rings. The van der Waals surface area contributed by atoms with Crippen molar-refractivity contribution in [3.8, 4) is 0 Å². The number of rotatable bonds is 6. The summed E-state index contributed by atoms with van der Waals surface area (Å²) in [5.74, 6) is -0.00781. The molecule has 148 valence electrons. The second kappa shape index (κ2) is 8.25. The lowest BCUT2D eigenvalue weighted by molar-refractivity contribution is -0.115. The number of pyridine rings is 1. The van der Waals surface area contributed by atoms with Crippen molar-refractivity contribution in [3.05, 3.63) is 65.7 Å². The van der Waals surface area contributed by atoms with Gasteiger partial charge in [-0.05, 0) is 49.1 Å². The predicted octanol–water partition coefficient (Wildman–Crippen LogP) is 5.26. The SMILES string of the molecule is CCc1ccccc1NC(=O)C(CC)Sc1nnc2cc(C)c3ccccc3n12. The van der Waals surface area contributed by atoms with Gasteiger partial charge >= 0.3 is 0 Å². The standard InChI is InChI=1S/C23H24N4OS/c1-4-16-10-6-8-12-18(16)24-22(28)20(5-2)29-23-26-25-21-14-15(3)17-11-7-9-13-19(17)27(21)23/h6-14,20H,4-5H2,1-3H3,(H,24,28). The van der Waals surface area contributed by atoms with Crippen molar-refractivity contribution in [1.82, 2.24) is 14.6 Å². The van der Waals surface area contributed by atoms with Crippen LogP contribution in [0, 0.1) is 6.92 Å². The van der Waals surface area contributed by atoms with E-state index in [0.717, 1.165) is 44.9 Å². The molecule has 0 spiro atoms. The van der Waals surface area contributed by atoms with Crippen molar-refractivity contribution in [3.63, 3.8) is 0 Å². The second-order valence-corrected chi connectivity index (χ2v) is 8.21. The van der Waals surface area contributed by atoms with Crippen molar-refractivity contribution >= 4 is 39.9 Å². The minimum atomic E-state index is -0.257. The third-order valence-corrected chi connectivity index (χ3v) is 6.45. The molecule has 0 bridgehead atoms. The summed E-state index contributed by atoms with van der Waals surface area (Å²) in [5, 5.41) is 13.5. The highest BCUT2D eigenvalue weighted by Gasteiger charge is 2.22. The first-order valence-corrected chi connectivity index (χ1v) is 10.8. The van der Waals surface area contributed by atoms with Crippen LogP contribution in [0.5, 0.6) is 0 Å². The Balaban J connectivity index is 1.66. The number of nitrogens with zero attached hydrogens (tertiary/aromatic N) is 3. The third kappa shape index (κ3) is 3.72. The molecule has 2 heterocycles. The third-order valence-electron chi connectivity index (χ3n) is 5.14. The molecule has 1 N–H and O–H groups in total. The van der Waals surface area contributed by atoms with E-state index in [2.05, 4.69) is 41.5 Å². The van der Waals surface area contributed by atoms with Crippen molar-refractivity contribution in [2.45, 2.75) is 44.0 Å². The minimum absolute atomic E-state index is 0.00781. The van der Waals surface area contributed by atoms with E-state index in [9.17, 15) is 4.79 Å². The van der Waals surface area contributed by atoms with Crippen LogP contribution in [0.3, 0.4) is 0 Å². The second-order valence-electron chi connectivity index (χ2n) is 7.04. The van der Waals surface area contributed by atoms with Gasteiger partial charge in [0, 0.05) is 11.1 Å². The number of aromatic nitrogens is 3. The maximum Gasteiger partial charge on any atom is 0.237 e. The topological polar surface area (TPSA) is 59.3 Å². The van der Waals surface area contributed by atoms with E-state index in [4.69, 9.17) is 0 Å². The van der Waals surface area contributed by atoms with Crippen molar-refractivity contribution in [2.75, 3.05) is 5.32 Å². The monoisotopic (exact) mass is 404 g/mol. The average Bonchev–Trinajstić information content (AvgIpc) is 3.15. The number of hydrogen-bond donors (Lipinski definition) is 1. The molecular formula is C23H24N4OS. The predicted molar refractivity (Wildman–Crippen MR) is 120 cm³/mol. The highest BCUT2D eigenvalue weighted by atomic mass is 32.2. The Hall–Kier alpha value is -2.86. The minimum Gasteiger partial charge on any atom is -0.325 e. The number of aryl methyl sites for hydroxylation is 2. The van der Waals surface area contributed by atoms with E-state index in [1.807, 2.05) is 53.8 Å². The molecule has 0 aliphatic rings. The first-order chi connectivity index (χ1) is 14.1. The quantitative estimate of drug-likeness (QED) is 0.445. The van der Waals surface area contributed by atoms with E-state index < -0.39 is 0 Å². The number of thioether (sulfide) groups is 1. The van der Waals surface area contributed by atoms with Gasteiger partial charge in [0.15, 0.2) is 10.8 Å². The molecule has 0 saturated carbocycles. The van der Waals surface area contributed by atoms with E-state index >= 15 is 0 Å². The van der Waals surface area contributed by atoms with Crippen molar-refractivity contribution in [2.24, 2.45) is 0 Å². The number of para-hydroxylation sites is 2. The van der Waals surface area contributed by atoms with Gasteiger partial charge in [0.25, 0.3) is 0 Å². The molecule has 1 atom stereocenters. The van der Waals surface area contributed by atoms with Gasteiger partial charge in [-0.25, -0.2) is 0 Å². The molecule has 0 saturated heterocycles. The summed E-state index contributed by atoms with van der Waals surface area (Å²) in [6.45, 7) is 6.19. The first kappa shape index (κ1) is 19.5. The Morgan fingerprint density at radius 1 is 1.10 bits per heavy atom. The van der Waals surface area contributed by atoms with E-state index in [1.165, 1.54) is 11.8 Å². The largest absolute Gasteiger partial charge is 0.325 e. The molecule has 2 aromatic heterocycles. The Kier molecular flexibility index (Phi) is 5.53. The zero-order valence-corrected chi connectivity index (χ0v) is 17.7. The fourth-order valence-electron chi connectivity index (χ4n) is 3.56. The molecule has 0 radical (unpaired) electrons. The molecule has 6 heteroatoms. The zero-order valence-electron chi connectivity index (χ0n) is 16.8. The average molecular weight is 405 g/mol. The van der Waals surface area contributed by atoms with E-state index in [0.29, 0.717) is 6.42 Å². The van der Waals surface area contributed by atoms with Gasteiger partial charge in [-0.1, -0.05) is 62.0 Å². The van der Waals surface area contributed by atoms with Crippen molar-refractivity contribution in [1.29, 1.82) is 0 Å². The van der Waals surface area contributed by atoms with Gasteiger partial charge in [-0.15, -0.1) is 10.2 Å². The molecule has 1 amide bonds. The fraction of sp³-hybridized carbons (Fsp3) is 0.261. The van der Waals surface area contributed by atoms with Crippen molar-refractivity contribution < 1.29 is 4.79 Å². The summed E-state index contributed by atoms with van der Waals surface area (Å²) in [6, 6.07) is 18.2. The van der Waals surface area contributed by atoms with Gasteiger partial charge in [0.1, 0.15) is 0 Å². The molecule has 1 unspecified atom stereocenters. The number of carbonyl (C=O) groups excluding carboxylic acids is 1. The normalized spacial score (nSPS) is 12.4. The number of anilines is 1. The lowest BCUT2D eigenvalue weighted by atomic mass is 10.1. The summed E-state index contributed by atoms with van der Waals surface area (Å²) in [5.41, 5.74) is 5.04. The number of fused-ring (bicyclic) bond motifs is 3.